The third kappa shape index (κ3) is 7.34. The first-order valence-corrected chi connectivity index (χ1v) is 11.7. The molecule has 2 aromatic rings. The van der Waals surface area contributed by atoms with E-state index in [2.05, 4.69) is 30.0 Å². The molecule has 0 spiro atoms. The van der Waals surface area contributed by atoms with Gasteiger partial charge in [0.15, 0.2) is 0 Å². The van der Waals surface area contributed by atoms with E-state index in [1.807, 2.05) is 0 Å². The molecule has 3 rings (SSSR count). The summed E-state index contributed by atoms with van der Waals surface area (Å²) < 4.78 is 5.74. The Balaban J connectivity index is 1.51. The molecule has 0 aliphatic heterocycles. The fraction of sp³-hybridized carbons (Fsp3) is 0.423. The average molecular weight is 452 g/mol. The van der Waals surface area contributed by atoms with E-state index >= 15 is 0 Å². The number of rotatable bonds is 8. The molecular weight excluding hydrogens is 418 g/mol. The second kappa shape index (κ2) is 12.0. The van der Waals surface area contributed by atoms with Crippen LogP contribution < -0.4 is 20.9 Å². The van der Waals surface area contributed by atoms with Crippen LogP contribution in [-0.2, 0) is 4.79 Å². The molecule has 176 valence electrons. The number of benzene rings is 2. The molecule has 3 amide bonds. The van der Waals surface area contributed by atoms with Crippen molar-refractivity contribution in [1.82, 2.24) is 10.9 Å². The van der Waals surface area contributed by atoms with Gasteiger partial charge in [-0.1, -0.05) is 45.2 Å². The molecule has 0 unspecified atom stereocenters. The molecule has 0 aromatic heterocycles. The lowest BCUT2D eigenvalue weighted by Crippen LogP contribution is -2.41. The van der Waals surface area contributed by atoms with Crippen molar-refractivity contribution in [2.75, 3.05) is 11.9 Å². The molecule has 1 saturated carbocycles. The molecule has 7 nitrogen and oxygen atoms in total. The van der Waals surface area contributed by atoms with Crippen LogP contribution in [0.5, 0.6) is 5.75 Å². The van der Waals surface area contributed by atoms with Crippen molar-refractivity contribution in [2.24, 2.45) is 11.8 Å². The first-order chi connectivity index (χ1) is 15.9. The lowest BCUT2D eigenvalue weighted by Gasteiger charge is -2.20. The zero-order chi connectivity index (χ0) is 23.6. The summed E-state index contributed by atoms with van der Waals surface area (Å²) in [6.45, 7) is 4.72. The van der Waals surface area contributed by atoms with Crippen LogP contribution in [0.3, 0.4) is 0 Å². The monoisotopic (exact) mass is 451 g/mol. The van der Waals surface area contributed by atoms with Crippen LogP contribution in [0.15, 0.2) is 48.5 Å². The second-order valence-electron chi connectivity index (χ2n) is 8.84. The number of hydrogen-bond acceptors (Lipinski definition) is 4. The fourth-order valence-electron chi connectivity index (χ4n) is 3.75. The first-order valence-electron chi connectivity index (χ1n) is 11.7. The van der Waals surface area contributed by atoms with E-state index in [-0.39, 0.29) is 11.8 Å². The van der Waals surface area contributed by atoms with Crippen molar-refractivity contribution in [2.45, 2.75) is 52.4 Å². The summed E-state index contributed by atoms with van der Waals surface area (Å²) in [7, 11) is 0. The predicted octanol–water partition coefficient (Wildman–Crippen LogP) is 4.71. The molecule has 0 radical (unpaired) electrons. The van der Waals surface area contributed by atoms with Gasteiger partial charge < -0.3 is 10.1 Å². The Labute approximate surface area is 195 Å². The summed E-state index contributed by atoms with van der Waals surface area (Å²) in [5.41, 5.74) is 6.24. The molecule has 7 heteroatoms. The predicted molar refractivity (Wildman–Crippen MR) is 128 cm³/mol. The molecule has 0 atom stereocenters. The van der Waals surface area contributed by atoms with Gasteiger partial charge in [0.1, 0.15) is 5.75 Å². The summed E-state index contributed by atoms with van der Waals surface area (Å²) in [6, 6.07) is 13.5. The molecule has 0 heterocycles. The molecule has 33 heavy (non-hydrogen) atoms. The Hall–Kier alpha value is -3.35. The van der Waals surface area contributed by atoms with Gasteiger partial charge in [-0.25, -0.2) is 0 Å². The van der Waals surface area contributed by atoms with Gasteiger partial charge >= 0.3 is 0 Å². The summed E-state index contributed by atoms with van der Waals surface area (Å²) >= 11 is 0. The number of ether oxygens (including phenoxy) is 1. The number of carbonyl (C=O) groups excluding carboxylic acids is 3. The van der Waals surface area contributed by atoms with E-state index in [1.54, 1.807) is 48.5 Å². The van der Waals surface area contributed by atoms with E-state index in [0.29, 0.717) is 35.1 Å². The highest BCUT2D eigenvalue weighted by atomic mass is 16.5. The number of hydrazine groups is 1. The SMILES string of the molecule is CC(C)CCOc1ccccc1C(=O)NNC(=O)c1ccc(NC(=O)C2CCCCC2)cc1. The summed E-state index contributed by atoms with van der Waals surface area (Å²) in [5.74, 6) is 0.161. The molecule has 0 saturated heterocycles. The minimum Gasteiger partial charge on any atom is -0.493 e. The Bertz CT molecular complexity index is 950. The van der Waals surface area contributed by atoms with Gasteiger partial charge in [0.05, 0.1) is 12.2 Å². The van der Waals surface area contributed by atoms with Crippen LogP contribution in [0.25, 0.3) is 0 Å². The maximum absolute atomic E-state index is 12.6. The van der Waals surface area contributed by atoms with Crippen LogP contribution in [0, 0.1) is 11.8 Å². The Morgan fingerprint density at radius 2 is 1.58 bits per heavy atom. The van der Waals surface area contributed by atoms with E-state index < -0.39 is 11.8 Å². The Kier molecular flexibility index (Phi) is 8.87. The summed E-state index contributed by atoms with van der Waals surface area (Å²) in [6.07, 6.45) is 6.12. The topological polar surface area (TPSA) is 96.5 Å². The van der Waals surface area contributed by atoms with Crippen LogP contribution in [0.4, 0.5) is 5.69 Å². The molecule has 2 aromatic carbocycles. The summed E-state index contributed by atoms with van der Waals surface area (Å²) in [5, 5.41) is 2.93. The molecule has 0 bridgehead atoms. The number of anilines is 1. The number of carbonyl (C=O) groups is 3. The van der Waals surface area contributed by atoms with Gasteiger partial charge in [-0.3, -0.25) is 25.2 Å². The van der Waals surface area contributed by atoms with E-state index in [4.69, 9.17) is 4.74 Å². The number of para-hydroxylation sites is 1. The van der Waals surface area contributed by atoms with Crippen molar-refractivity contribution in [3.05, 3.63) is 59.7 Å². The van der Waals surface area contributed by atoms with Gasteiger partial charge in [0.25, 0.3) is 11.8 Å². The van der Waals surface area contributed by atoms with Crippen LogP contribution >= 0.6 is 0 Å². The van der Waals surface area contributed by atoms with Gasteiger partial charge in [-0.15, -0.1) is 0 Å². The minimum atomic E-state index is -0.458. The van der Waals surface area contributed by atoms with Gasteiger partial charge in [0, 0.05) is 17.2 Å². The first kappa shape index (κ1) is 24.3. The Morgan fingerprint density at radius 1 is 0.909 bits per heavy atom. The van der Waals surface area contributed by atoms with E-state index in [0.717, 1.165) is 32.1 Å². The van der Waals surface area contributed by atoms with Crippen molar-refractivity contribution >= 4 is 23.4 Å². The van der Waals surface area contributed by atoms with E-state index in [1.165, 1.54) is 6.42 Å². The minimum absolute atomic E-state index is 0.0356. The molecular formula is C26H33N3O4. The van der Waals surface area contributed by atoms with Crippen molar-refractivity contribution in [1.29, 1.82) is 0 Å². The van der Waals surface area contributed by atoms with E-state index in [9.17, 15) is 14.4 Å². The standard InChI is InChI=1S/C26H33N3O4/c1-18(2)16-17-33-23-11-7-6-10-22(23)26(32)29-28-25(31)20-12-14-21(15-13-20)27-24(30)19-8-4-3-5-9-19/h6-7,10-15,18-19H,3-5,8-9,16-17H2,1-2H3,(H,27,30)(H,28,31)(H,29,32). The third-order valence-electron chi connectivity index (χ3n) is 5.76. The molecule has 3 N–H and O–H groups in total. The molecule has 1 aliphatic rings. The zero-order valence-corrected chi connectivity index (χ0v) is 19.4. The second-order valence-corrected chi connectivity index (χ2v) is 8.84. The lowest BCUT2D eigenvalue weighted by molar-refractivity contribution is -0.120. The molecule has 1 aliphatic carbocycles. The fourth-order valence-corrected chi connectivity index (χ4v) is 3.75. The summed E-state index contributed by atoms with van der Waals surface area (Å²) in [4.78, 5) is 37.4. The van der Waals surface area contributed by atoms with Crippen LogP contribution in [0.2, 0.25) is 0 Å². The van der Waals surface area contributed by atoms with Crippen molar-refractivity contribution < 1.29 is 19.1 Å². The number of nitrogens with one attached hydrogen (secondary N) is 3. The highest BCUT2D eigenvalue weighted by Gasteiger charge is 2.21. The average Bonchev–Trinajstić information content (AvgIpc) is 2.83. The maximum Gasteiger partial charge on any atom is 0.273 e. The lowest BCUT2D eigenvalue weighted by atomic mass is 9.88. The smallest absolute Gasteiger partial charge is 0.273 e. The number of amides is 3. The van der Waals surface area contributed by atoms with Gasteiger partial charge in [-0.2, -0.15) is 0 Å². The highest BCUT2D eigenvalue weighted by molar-refractivity contribution is 6.00. The van der Waals surface area contributed by atoms with Crippen molar-refractivity contribution in [3.8, 4) is 5.75 Å². The highest BCUT2D eigenvalue weighted by Crippen LogP contribution is 2.25. The van der Waals surface area contributed by atoms with Gasteiger partial charge in [0.2, 0.25) is 5.91 Å². The van der Waals surface area contributed by atoms with Crippen molar-refractivity contribution in [3.63, 3.8) is 0 Å². The third-order valence-corrected chi connectivity index (χ3v) is 5.76. The normalized spacial score (nSPS) is 13.9. The largest absolute Gasteiger partial charge is 0.493 e. The number of hydrogen-bond donors (Lipinski definition) is 3. The molecule has 1 fully saturated rings. The van der Waals surface area contributed by atoms with Gasteiger partial charge in [-0.05, 0) is 61.6 Å². The van der Waals surface area contributed by atoms with Crippen LogP contribution in [-0.4, -0.2) is 24.3 Å². The van der Waals surface area contributed by atoms with Crippen LogP contribution in [0.1, 0.15) is 73.1 Å². The Morgan fingerprint density at radius 3 is 2.27 bits per heavy atom. The zero-order valence-electron chi connectivity index (χ0n) is 19.4. The quantitative estimate of drug-likeness (QED) is 0.507. The maximum atomic E-state index is 12.6.